The predicted molar refractivity (Wildman–Crippen MR) is 102 cm³/mol. The summed E-state index contributed by atoms with van der Waals surface area (Å²) in [5, 5.41) is 1.10. The Morgan fingerprint density at radius 2 is 1.92 bits per heavy atom. The van der Waals surface area contributed by atoms with Gasteiger partial charge in [-0.15, -0.1) is 0 Å². The van der Waals surface area contributed by atoms with Crippen molar-refractivity contribution in [3.05, 3.63) is 38.4 Å². The maximum absolute atomic E-state index is 12.7. The van der Waals surface area contributed by atoms with Crippen LogP contribution in [0.3, 0.4) is 0 Å². The van der Waals surface area contributed by atoms with Crippen molar-refractivity contribution in [3.8, 4) is 0 Å². The van der Waals surface area contributed by atoms with Crippen molar-refractivity contribution in [1.82, 2.24) is 14.5 Å². The number of hydrogen-bond donors (Lipinski definition) is 0. The molecule has 1 atom stereocenters. The zero-order valence-corrected chi connectivity index (χ0v) is 16.7. The number of rotatable bonds is 1. The van der Waals surface area contributed by atoms with E-state index in [-0.39, 0.29) is 17.6 Å². The van der Waals surface area contributed by atoms with Gasteiger partial charge in [-0.2, -0.15) is 0 Å². The summed E-state index contributed by atoms with van der Waals surface area (Å²) in [7, 11) is 1.68. The first-order valence-electron chi connectivity index (χ1n) is 8.40. The van der Waals surface area contributed by atoms with Crippen LogP contribution in [-0.2, 0) is 11.8 Å². The van der Waals surface area contributed by atoms with Gasteiger partial charge in [0.2, 0.25) is 0 Å². The number of hydrogen-bond acceptors (Lipinski definition) is 4. The Bertz CT molecular complexity index is 934. The molecule has 0 spiro atoms. The van der Waals surface area contributed by atoms with Crippen molar-refractivity contribution in [3.63, 3.8) is 0 Å². The molecule has 1 saturated heterocycles. The monoisotopic (exact) mass is 397 g/mol. The number of ether oxygens (including phenoxy) is 1. The van der Waals surface area contributed by atoms with Crippen LogP contribution in [-0.4, -0.2) is 39.2 Å². The first-order chi connectivity index (χ1) is 12.1. The van der Waals surface area contributed by atoms with Crippen molar-refractivity contribution in [2.24, 2.45) is 7.05 Å². The Labute approximate surface area is 161 Å². The van der Waals surface area contributed by atoms with Gasteiger partial charge >= 0.3 is 6.09 Å². The number of nitrogens with zero attached hydrogens (tertiary/aromatic N) is 3. The van der Waals surface area contributed by atoms with Gasteiger partial charge in [0.05, 0.1) is 20.9 Å². The van der Waals surface area contributed by atoms with Crippen molar-refractivity contribution in [2.45, 2.75) is 38.7 Å². The van der Waals surface area contributed by atoms with Crippen molar-refractivity contribution in [2.75, 3.05) is 13.1 Å². The number of fused-ring (bicyclic) bond motifs is 1. The van der Waals surface area contributed by atoms with Crippen molar-refractivity contribution < 1.29 is 9.53 Å². The Balaban J connectivity index is 1.92. The quantitative estimate of drug-likeness (QED) is 0.730. The van der Waals surface area contributed by atoms with Gasteiger partial charge in [-0.05, 0) is 39.3 Å². The molecule has 3 rings (SSSR count). The Hall–Kier alpha value is -1.79. The third-order valence-corrected chi connectivity index (χ3v) is 5.08. The van der Waals surface area contributed by atoms with Gasteiger partial charge in [0.25, 0.3) is 5.56 Å². The van der Waals surface area contributed by atoms with Crippen LogP contribution in [0.25, 0.3) is 10.9 Å². The van der Waals surface area contributed by atoms with Crippen LogP contribution < -0.4 is 5.56 Å². The van der Waals surface area contributed by atoms with Crippen LogP contribution in [0.5, 0.6) is 0 Å². The summed E-state index contributed by atoms with van der Waals surface area (Å²) in [6.07, 6.45) is 0.368. The third kappa shape index (κ3) is 3.67. The van der Waals surface area contributed by atoms with E-state index in [0.717, 1.165) is 0 Å². The minimum Gasteiger partial charge on any atom is -0.444 e. The molecule has 0 bridgehead atoms. The predicted octanol–water partition coefficient (Wildman–Crippen LogP) is 3.96. The summed E-state index contributed by atoms with van der Waals surface area (Å²) < 4.78 is 6.95. The molecule has 1 aromatic heterocycles. The summed E-state index contributed by atoms with van der Waals surface area (Å²) in [4.78, 5) is 31.2. The number of carbonyl (C=O) groups is 1. The summed E-state index contributed by atoms with van der Waals surface area (Å²) in [6, 6.07) is 3.14. The second-order valence-corrected chi connectivity index (χ2v) is 8.34. The number of amides is 1. The standard InChI is InChI=1S/C18H21Cl2N3O3/c1-18(2,3)26-17(25)23-6-5-10(9-23)15-21-14-8-13(20)12(19)7-11(14)16(24)22(15)4/h7-8,10H,5-6,9H2,1-4H3/t10-/m1/s1. The molecule has 0 saturated carbocycles. The van der Waals surface area contributed by atoms with Crippen LogP contribution in [0.15, 0.2) is 16.9 Å². The molecule has 0 radical (unpaired) electrons. The second kappa shape index (κ2) is 6.74. The summed E-state index contributed by atoms with van der Waals surface area (Å²) in [6.45, 7) is 6.53. The van der Waals surface area contributed by atoms with E-state index >= 15 is 0 Å². The molecular weight excluding hydrogens is 377 g/mol. The number of aromatic nitrogens is 2. The highest BCUT2D eigenvalue weighted by Gasteiger charge is 2.32. The summed E-state index contributed by atoms with van der Waals surface area (Å²) in [5.74, 6) is 0.589. The zero-order valence-electron chi connectivity index (χ0n) is 15.2. The SMILES string of the molecule is Cn1c([C@@H]2CCN(C(=O)OC(C)(C)C)C2)nc2cc(Cl)c(Cl)cc2c1=O. The van der Waals surface area contributed by atoms with Gasteiger partial charge in [0.15, 0.2) is 0 Å². The van der Waals surface area contributed by atoms with E-state index in [4.69, 9.17) is 27.9 Å². The average Bonchev–Trinajstić information content (AvgIpc) is 3.01. The molecule has 1 amide bonds. The highest BCUT2D eigenvalue weighted by molar-refractivity contribution is 6.42. The molecule has 1 aromatic carbocycles. The number of halogens is 2. The highest BCUT2D eigenvalue weighted by Crippen LogP contribution is 2.29. The number of carbonyl (C=O) groups excluding carboxylic acids is 1. The van der Waals surface area contributed by atoms with Gasteiger partial charge in [-0.25, -0.2) is 9.78 Å². The van der Waals surface area contributed by atoms with Crippen LogP contribution in [0.4, 0.5) is 4.79 Å². The maximum Gasteiger partial charge on any atom is 0.410 e. The fourth-order valence-electron chi connectivity index (χ4n) is 3.11. The molecule has 26 heavy (non-hydrogen) atoms. The van der Waals surface area contributed by atoms with Gasteiger partial charge in [-0.3, -0.25) is 9.36 Å². The van der Waals surface area contributed by atoms with Crippen molar-refractivity contribution in [1.29, 1.82) is 0 Å². The van der Waals surface area contributed by atoms with E-state index in [2.05, 4.69) is 4.98 Å². The fourth-order valence-corrected chi connectivity index (χ4v) is 3.43. The van der Waals surface area contributed by atoms with Gasteiger partial charge < -0.3 is 9.64 Å². The van der Waals surface area contributed by atoms with E-state index in [1.807, 2.05) is 20.8 Å². The summed E-state index contributed by atoms with van der Waals surface area (Å²) in [5.41, 5.74) is -0.216. The molecule has 0 aliphatic carbocycles. The minimum absolute atomic E-state index is 0.0425. The number of benzene rings is 1. The maximum atomic E-state index is 12.7. The lowest BCUT2D eigenvalue weighted by molar-refractivity contribution is 0.0292. The Morgan fingerprint density at radius 3 is 2.58 bits per heavy atom. The fraction of sp³-hybridized carbons (Fsp3) is 0.500. The van der Waals surface area contributed by atoms with Gasteiger partial charge in [0, 0.05) is 26.1 Å². The molecule has 0 unspecified atom stereocenters. The number of likely N-dealkylation sites (tertiary alicyclic amines) is 1. The van der Waals surface area contributed by atoms with E-state index in [0.29, 0.717) is 46.3 Å². The molecule has 140 valence electrons. The average molecular weight is 398 g/mol. The van der Waals surface area contributed by atoms with Crippen LogP contribution in [0.1, 0.15) is 38.9 Å². The molecule has 1 fully saturated rings. The molecule has 1 aliphatic rings. The molecule has 2 aromatic rings. The highest BCUT2D eigenvalue weighted by atomic mass is 35.5. The Morgan fingerprint density at radius 1 is 1.27 bits per heavy atom. The molecular formula is C18H21Cl2N3O3. The molecule has 0 N–H and O–H groups in total. The lowest BCUT2D eigenvalue weighted by Gasteiger charge is -2.24. The molecule has 2 heterocycles. The first-order valence-corrected chi connectivity index (χ1v) is 9.16. The van der Waals surface area contributed by atoms with Gasteiger partial charge in [0.1, 0.15) is 11.4 Å². The van der Waals surface area contributed by atoms with E-state index < -0.39 is 5.60 Å². The van der Waals surface area contributed by atoms with Crippen LogP contribution >= 0.6 is 23.2 Å². The van der Waals surface area contributed by atoms with E-state index in [9.17, 15) is 9.59 Å². The minimum atomic E-state index is -0.542. The van der Waals surface area contributed by atoms with E-state index in [1.165, 1.54) is 4.57 Å². The van der Waals surface area contributed by atoms with E-state index in [1.54, 1.807) is 24.1 Å². The van der Waals surface area contributed by atoms with Gasteiger partial charge in [-0.1, -0.05) is 23.2 Å². The van der Waals surface area contributed by atoms with Crippen LogP contribution in [0.2, 0.25) is 10.0 Å². The third-order valence-electron chi connectivity index (χ3n) is 4.36. The van der Waals surface area contributed by atoms with Crippen molar-refractivity contribution >= 4 is 40.2 Å². The molecule has 6 nitrogen and oxygen atoms in total. The normalized spacial score (nSPS) is 17.8. The molecule has 1 aliphatic heterocycles. The second-order valence-electron chi connectivity index (χ2n) is 7.53. The van der Waals surface area contributed by atoms with Crippen LogP contribution in [0, 0.1) is 0 Å². The topological polar surface area (TPSA) is 64.4 Å². The zero-order chi connectivity index (χ0) is 19.2. The lowest BCUT2D eigenvalue weighted by Crippen LogP contribution is -2.35. The first kappa shape index (κ1) is 19.0. The largest absolute Gasteiger partial charge is 0.444 e. The smallest absolute Gasteiger partial charge is 0.410 e. The summed E-state index contributed by atoms with van der Waals surface area (Å²) >= 11 is 12.1. The Kier molecular flexibility index (Phi) is 4.92. The lowest BCUT2D eigenvalue weighted by atomic mass is 10.1. The molecule has 8 heteroatoms.